The van der Waals surface area contributed by atoms with Crippen molar-refractivity contribution < 1.29 is 8.42 Å². The Kier molecular flexibility index (Phi) is 3.28. The molecule has 0 saturated carbocycles. The average molecular weight is 320 g/mol. The van der Waals surface area contributed by atoms with Gasteiger partial charge in [0.25, 0.3) is 0 Å². The van der Waals surface area contributed by atoms with Gasteiger partial charge in [0.1, 0.15) is 4.90 Å². The number of primary sulfonamides is 1. The van der Waals surface area contributed by atoms with Gasteiger partial charge in [0.05, 0.1) is 21.4 Å². The fourth-order valence-corrected chi connectivity index (χ4v) is 3.35. The largest absolute Gasteiger partial charge is 0.398 e. The first-order chi connectivity index (χ1) is 9.93. The summed E-state index contributed by atoms with van der Waals surface area (Å²) in [6.45, 7) is 0. The van der Waals surface area contributed by atoms with Crippen LogP contribution in [-0.2, 0) is 10.0 Å². The van der Waals surface area contributed by atoms with E-state index in [0.717, 1.165) is 15.9 Å². The van der Waals surface area contributed by atoms with Crippen LogP contribution in [-0.4, -0.2) is 13.4 Å². The smallest absolute Gasteiger partial charge is 0.240 e. The number of nitrogens with one attached hydrogen (secondary N) is 1. The lowest BCUT2D eigenvalue weighted by Gasteiger charge is -2.09. The van der Waals surface area contributed by atoms with Crippen molar-refractivity contribution in [3.63, 3.8) is 0 Å². The third-order valence-electron chi connectivity index (χ3n) is 2.94. The monoisotopic (exact) mass is 320 g/mol. The van der Waals surface area contributed by atoms with E-state index in [1.54, 1.807) is 22.9 Å². The molecule has 6 nitrogen and oxygen atoms in total. The number of thiazole rings is 1. The summed E-state index contributed by atoms with van der Waals surface area (Å²) in [5.74, 6) is 0. The first-order valence-electron chi connectivity index (χ1n) is 5.96. The SMILES string of the molecule is Nc1cc(Nc2ccc3ncsc3c2)ccc1S(N)(=O)=O. The van der Waals surface area contributed by atoms with E-state index in [9.17, 15) is 8.42 Å². The van der Waals surface area contributed by atoms with E-state index in [1.165, 1.54) is 12.1 Å². The zero-order valence-corrected chi connectivity index (χ0v) is 12.4. The number of aromatic nitrogens is 1. The summed E-state index contributed by atoms with van der Waals surface area (Å²) in [7, 11) is -3.80. The van der Waals surface area contributed by atoms with Gasteiger partial charge in [0, 0.05) is 11.4 Å². The minimum absolute atomic E-state index is 0.0778. The van der Waals surface area contributed by atoms with E-state index in [2.05, 4.69) is 10.3 Å². The van der Waals surface area contributed by atoms with Gasteiger partial charge < -0.3 is 11.1 Å². The van der Waals surface area contributed by atoms with Gasteiger partial charge in [0.2, 0.25) is 10.0 Å². The molecule has 0 atom stereocenters. The molecule has 0 amide bonds. The third kappa shape index (κ3) is 2.82. The summed E-state index contributed by atoms with van der Waals surface area (Å²) in [5.41, 5.74) is 10.1. The molecule has 5 N–H and O–H groups in total. The summed E-state index contributed by atoms with van der Waals surface area (Å²) in [6, 6.07) is 10.3. The zero-order chi connectivity index (χ0) is 15.0. The Hall–Kier alpha value is -2.16. The number of hydrogen-bond acceptors (Lipinski definition) is 6. The Balaban J connectivity index is 1.92. The maximum atomic E-state index is 11.3. The Morgan fingerprint density at radius 2 is 1.81 bits per heavy atom. The van der Waals surface area contributed by atoms with Crippen molar-refractivity contribution in [1.82, 2.24) is 4.98 Å². The molecule has 0 radical (unpaired) electrons. The normalized spacial score (nSPS) is 11.7. The first-order valence-corrected chi connectivity index (χ1v) is 8.39. The van der Waals surface area contributed by atoms with Crippen molar-refractivity contribution in [2.45, 2.75) is 4.90 Å². The molecule has 108 valence electrons. The number of nitrogen functional groups attached to an aromatic ring is 1. The first kappa shape index (κ1) is 13.8. The van der Waals surface area contributed by atoms with Crippen LogP contribution in [0.2, 0.25) is 0 Å². The number of sulfonamides is 1. The Morgan fingerprint density at radius 1 is 1.10 bits per heavy atom. The lowest BCUT2D eigenvalue weighted by Crippen LogP contribution is -2.14. The number of anilines is 3. The van der Waals surface area contributed by atoms with E-state index >= 15 is 0 Å². The fourth-order valence-electron chi connectivity index (χ4n) is 1.98. The summed E-state index contributed by atoms with van der Waals surface area (Å²) in [5, 5.41) is 8.25. The molecule has 0 saturated heterocycles. The van der Waals surface area contributed by atoms with E-state index in [-0.39, 0.29) is 10.6 Å². The molecule has 2 aromatic carbocycles. The summed E-state index contributed by atoms with van der Waals surface area (Å²) >= 11 is 1.55. The minimum atomic E-state index is -3.80. The summed E-state index contributed by atoms with van der Waals surface area (Å²) in [4.78, 5) is 4.13. The molecule has 0 spiro atoms. The third-order valence-corrected chi connectivity index (χ3v) is 4.71. The van der Waals surface area contributed by atoms with Crippen LogP contribution in [0.5, 0.6) is 0 Å². The number of benzene rings is 2. The molecule has 0 aliphatic rings. The summed E-state index contributed by atoms with van der Waals surface area (Å²) < 4.78 is 23.7. The molecular formula is C13H12N4O2S2. The average Bonchev–Trinajstić information content (AvgIpc) is 2.84. The van der Waals surface area contributed by atoms with Crippen molar-refractivity contribution >= 4 is 48.6 Å². The molecule has 21 heavy (non-hydrogen) atoms. The molecule has 3 aromatic rings. The van der Waals surface area contributed by atoms with Crippen LogP contribution in [0.4, 0.5) is 17.1 Å². The molecule has 0 aliphatic carbocycles. The summed E-state index contributed by atoms with van der Waals surface area (Å²) in [6.07, 6.45) is 0. The molecule has 0 unspecified atom stereocenters. The lowest BCUT2D eigenvalue weighted by molar-refractivity contribution is 0.598. The minimum Gasteiger partial charge on any atom is -0.398 e. The van der Waals surface area contributed by atoms with Gasteiger partial charge in [-0.25, -0.2) is 18.5 Å². The topological polar surface area (TPSA) is 111 Å². The highest BCUT2D eigenvalue weighted by molar-refractivity contribution is 7.89. The predicted octanol–water partition coefficient (Wildman–Crippen LogP) is 2.27. The highest BCUT2D eigenvalue weighted by atomic mass is 32.2. The second-order valence-electron chi connectivity index (χ2n) is 4.46. The molecule has 0 fully saturated rings. The van der Waals surface area contributed by atoms with Crippen molar-refractivity contribution in [3.05, 3.63) is 41.9 Å². The van der Waals surface area contributed by atoms with E-state index < -0.39 is 10.0 Å². The quantitative estimate of drug-likeness (QED) is 0.641. The molecule has 1 aromatic heterocycles. The van der Waals surface area contributed by atoms with Gasteiger partial charge in [0.15, 0.2) is 0 Å². The van der Waals surface area contributed by atoms with Crippen LogP contribution in [0.15, 0.2) is 46.8 Å². The second-order valence-corrected chi connectivity index (χ2v) is 6.87. The highest BCUT2D eigenvalue weighted by Gasteiger charge is 2.12. The van der Waals surface area contributed by atoms with Crippen molar-refractivity contribution in [3.8, 4) is 0 Å². The van der Waals surface area contributed by atoms with Gasteiger partial charge in [-0.15, -0.1) is 11.3 Å². The van der Waals surface area contributed by atoms with Crippen LogP contribution >= 0.6 is 11.3 Å². The van der Waals surface area contributed by atoms with Crippen LogP contribution in [0.3, 0.4) is 0 Å². The van der Waals surface area contributed by atoms with Crippen LogP contribution in [0.1, 0.15) is 0 Å². The van der Waals surface area contributed by atoms with Crippen LogP contribution in [0, 0.1) is 0 Å². The maximum Gasteiger partial charge on any atom is 0.240 e. The fraction of sp³-hybridized carbons (Fsp3) is 0. The Labute approximate surface area is 125 Å². The lowest BCUT2D eigenvalue weighted by atomic mass is 10.2. The van der Waals surface area contributed by atoms with E-state index in [4.69, 9.17) is 10.9 Å². The predicted molar refractivity (Wildman–Crippen MR) is 85.1 cm³/mol. The Morgan fingerprint density at radius 3 is 2.52 bits per heavy atom. The van der Waals surface area contributed by atoms with Gasteiger partial charge in [-0.1, -0.05) is 0 Å². The van der Waals surface area contributed by atoms with Gasteiger partial charge in [-0.3, -0.25) is 0 Å². The molecule has 0 aliphatic heterocycles. The molecule has 0 bridgehead atoms. The van der Waals surface area contributed by atoms with Crippen molar-refractivity contribution in [1.29, 1.82) is 0 Å². The molecule has 8 heteroatoms. The maximum absolute atomic E-state index is 11.3. The number of nitrogens with zero attached hydrogens (tertiary/aromatic N) is 1. The number of hydrogen-bond donors (Lipinski definition) is 3. The van der Waals surface area contributed by atoms with E-state index in [1.807, 2.05) is 18.2 Å². The second kappa shape index (κ2) is 4.99. The van der Waals surface area contributed by atoms with Gasteiger partial charge in [-0.05, 0) is 36.4 Å². The van der Waals surface area contributed by atoms with E-state index in [0.29, 0.717) is 5.69 Å². The van der Waals surface area contributed by atoms with Crippen molar-refractivity contribution in [2.24, 2.45) is 5.14 Å². The number of fused-ring (bicyclic) bond motifs is 1. The highest BCUT2D eigenvalue weighted by Crippen LogP contribution is 2.27. The van der Waals surface area contributed by atoms with Crippen LogP contribution in [0.25, 0.3) is 10.2 Å². The van der Waals surface area contributed by atoms with Crippen LogP contribution < -0.4 is 16.2 Å². The Bertz CT molecular complexity index is 919. The number of nitrogens with two attached hydrogens (primary N) is 2. The molecule has 1 heterocycles. The standard InChI is InChI=1S/C13H12N4O2S2/c14-10-5-8(2-4-13(10)21(15,18)19)17-9-1-3-11-12(6-9)20-7-16-11/h1-7,17H,14H2,(H2,15,18,19). The molecule has 3 rings (SSSR count). The number of rotatable bonds is 3. The molecular weight excluding hydrogens is 308 g/mol. The van der Waals surface area contributed by atoms with Crippen molar-refractivity contribution in [2.75, 3.05) is 11.1 Å². The zero-order valence-electron chi connectivity index (χ0n) is 10.8. The van der Waals surface area contributed by atoms with Gasteiger partial charge >= 0.3 is 0 Å². The van der Waals surface area contributed by atoms with Gasteiger partial charge in [-0.2, -0.15) is 0 Å².